The van der Waals surface area contributed by atoms with Crippen LogP contribution in [0.4, 0.5) is 11.4 Å². The average molecular weight is 271 g/mol. The van der Waals surface area contributed by atoms with Crippen LogP contribution in [0.15, 0.2) is 54.6 Å². The summed E-state index contributed by atoms with van der Waals surface area (Å²) in [5, 5.41) is 13.4. The molecule has 20 heavy (non-hydrogen) atoms. The summed E-state index contributed by atoms with van der Waals surface area (Å²) in [6.45, 7) is 0. The van der Waals surface area contributed by atoms with Gasteiger partial charge in [-0.3, -0.25) is 14.9 Å². The van der Waals surface area contributed by atoms with E-state index in [1.807, 2.05) is 6.07 Å². The molecule has 2 rings (SSSR count). The van der Waals surface area contributed by atoms with Crippen LogP contribution in [0, 0.1) is 10.1 Å². The van der Waals surface area contributed by atoms with Gasteiger partial charge in [0.1, 0.15) is 11.7 Å². The van der Waals surface area contributed by atoms with Crippen molar-refractivity contribution in [3.8, 4) is 0 Å². The van der Waals surface area contributed by atoms with Crippen molar-refractivity contribution >= 4 is 17.3 Å². The maximum absolute atomic E-state index is 12.0. The number of hydrogen-bond donors (Lipinski definition) is 2. The maximum Gasteiger partial charge on any atom is 0.292 e. The van der Waals surface area contributed by atoms with Crippen LogP contribution in [0.2, 0.25) is 0 Å². The van der Waals surface area contributed by atoms with Gasteiger partial charge in [-0.2, -0.15) is 0 Å². The molecule has 0 heterocycles. The van der Waals surface area contributed by atoms with Crippen LogP contribution in [0.3, 0.4) is 0 Å². The number of nitro groups is 1. The summed E-state index contributed by atoms with van der Waals surface area (Å²) in [5.41, 5.74) is 6.44. The van der Waals surface area contributed by atoms with Crippen LogP contribution in [0.1, 0.15) is 11.6 Å². The molecule has 0 saturated heterocycles. The molecule has 1 atom stereocenters. The summed E-state index contributed by atoms with van der Waals surface area (Å²) in [5.74, 6) is -0.495. The molecule has 3 N–H and O–H groups in total. The predicted octanol–water partition coefficient (Wildman–Crippen LogP) is 2.23. The van der Waals surface area contributed by atoms with Gasteiger partial charge >= 0.3 is 0 Å². The van der Waals surface area contributed by atoms with Gasteiger partial charge in [0.15, 0.2) is 0 Å². The highest BCUT2D eigenvalue weighted by Gasteiger charge is 2.19. The molecule has 0 saturated carbocycles. The van der Waals surface area contributed by atoms with Gasteiger partial charge in [-0.15, -0.1) is 0 Å². The molecular formula is C14H13N3O3. The molecule has 0 fully saturated rings. The second kappa shape index (κ2) is 5.94. The van der Waals surface area contributed by atoms with Crippen molar-refractivity contribution in [1.82, 2.24) is 0 Å². The predicted molar refractivity (Wildman–Crippen MR) is 75.1 cm³/mol. The molecule has 0 aliphatic carbocycles. The Kier molecular flexibility index (Phi) is 4.07. The van der Waals surface area contributed by atoms with Crippen molar-refractivity contribution in [3.05, 3.63) is 70.3 Å². The van der Waals surface area contributed by atoms with E-state index in [9.17, 15) is 14.9 Å². The van der Waals surface area contributed by atoms with E-state index in [0.717, 1.165) is 0 Å². The van der Waals surface area contributed by atoms with Crippen LogP contribution < -0.4 is 11.1 Å². The van der Waals surface area contributed by atoms with E-state index in [4.69, 9.17) is 5.73 Å². The molecule has 6 nitrogen and oxygen atoms in total. The zero-order valence-corrected chi connectivity index (χ0v) is 10.5. The highest BCUT2D eigenvalue weighted by molar-refractivity contribution is 5.97. The van der Waals surface area contributed by atoms with Gasteiger partial charge in [-0.25, -0.2) is 0 Å². The van der Waals surface area contributed by atoms with Crippen molar-refractivity contribution in [2.24, 2.45) is 5.73 Å². The summed E-state index contributed by atoms with van der Waals surface area (Å²) < 4.78 is 0. The minimum atomic E-state index is -0.879. The second-order valence-corrected chi connectivity index (χ2v) is 4.15. The topological polar surface area (TPSA) is 98.3 Å². The Morgan fingerprint density at radius 1 is 1.10 bits per heavy atom. The van der Waals surface area contributed by atoms with Crippen molar-refractivity contribution in [3.63, 3.8) is 0 Å². The number of rotatable bonds is 4. The van der Waals surface area contributed by atoms with Crippen LogP contribution in [-0.4, -0.2) is 10.8 Å². The number of nitrogens with one attached hydrogen (secondary N) is 1. The summed E-state index contributed by atoms with van der Waals surface area (Å²) in [6, 6.07) is 13.9. The Labute approximate surface area is 115 Å². The van der Waals surface area contributed by atoms with Gasteiger partial charge < -0.3 is 11.1 Å². The molecule has 0 radical (unpaired) electrons. The van der Waals surface area contributed by atoms with Crippen molar-refractivity contribution in [2.75, 3.05) is 5.32 Å². The van der Waals surface area contributed by atoms with Crippen molar-refractivity contribution < 1.29 is 9.72 Å². The maximum atomic E-state index is 12.0. The number of hydrogen-bond acceptors (Lipinski definition) is 4. The van der Waals surface area contributed by atoms with E-state index in [1.54, 1.807) is 30.3 Å². The number of carbonyl (C=O) groups excluding carboxylic acids is 1. The molecule has 0 spiro atoms. The normalized spacial score (nSPS) is 11.7. The first-order chi connectivity index (χ1) is 9.59. The Morgan fingerprint density at radius 2 is 1.70 bits per heavy atom. The Bertz CT molecular complexity index is 629. The molecule has 0 unspecified atom stereocenters. The van der Waals surface area contributed by atoms with Gasteiger partial charge in [-0.1, -0.05) is 42.5 Å². The minimum Gasteiger partial charge on any atom is -0.319 e. The fraction of sp³-hybridized carbons (Fsp3) is 0.0714. The van der Waals surface area contributed by atoms with E-state index >= 15 is 0 Å². The second-order valence-electron chi connectivity index (χ2n) is 4.15. The summed E-state index contributed by atoms with van der Waals surface area (Å²) in [4.78, 5) is 22.3. The lowest BCUT2D eigenvalue weighted by molar-refractivity contribution is -0.383. The fourth-order valence-corrected chi connectivity index (χ4v) is 1.76. The largest absolute Gasteiger partial charge is 0.319 e. The highest BCUT2D eigenvalue weighted by Crippen LogP contribution is 2.24. The van der Waals surface area contributed by atoms with Crippen molar-refractivity contribution in [2.45, 2.75) is 6.04 Å². The molecule has 102 valence electrons. The smallest absolute Gasteiger partial charge is 0.292 e. The molecule has 2 aromatic carbocycles. The molecule has 0 aliphatic rings. The van der Waals surface area contributed by atoms with E-state index in [1.165, 1.54) is 18.2 Å². The molecule has 2 aromatic rings. The van der Waals surface area contributed by atoms with E-state index < -0.39 is 16.9 Å². The Balaban J connectivity index is 2.18. The molecule has 0 aromatic heterocycles. The lowest BCUT2D eigenvalue weighted by atomic mass is 10.1. The summed E-state index contributed by atoms with van der Waals surface area (Å²) >= 11 is 0. The lowest BCUT2D eigenvalue weighted by Crippen LogP contribution is -2.27. The molecular weight excluding hydrogens is 258 g/mol. The van der Waals surface area contributed by atoms with E-state index in [0.29, 0.717) is 5.56 Å². The molecule has 1 amide bonds. The van der Waals surface area contributed by atoms with Gasteiger partial charge in [-0.05, 0) is 11.6 Å². The number of amides is 1. The first kappa shape index (κ1) is 13.7. The first-order valence-corrected chi connectivity index (χ1v) is 5.94. The van der Waals surface area contributed by atoms with Gasteiger partial charge in [0.05, 0.1) is 4.92 Å². The van der Waals surface area contributed by atoms with Crippen LogP contribution in [0.25, 0.3) is 0 Å². The average Bonchev–Trinajstić information content (AvgIpc) is 2.47. The van der Waals surface area contributed by atoms with Gasteiger partial charge in [0, 0.05) is 6.07 Å². The minimum absolute atomic E-state index is 0.133. The summed E-state index contributed by atoms with van der Waals surface area (Å²) in [6.07, 6.45) is 0. The lowest BCUT2D eigenvalue weighted by Gasteiger charge is -2.12. The Hall–Kier alpha value is -2.73. The number of nitro benzene ring substituents is 1. The standard InChI is InChI=1S/C14H13N3O3/c15-13(10-6-2-1-3-7-10)14(18)16-11-8-4-5-9-12(11)17(19)20/h1-9,13H,15H2,(H,16,18)/t13-/m1/s1. The third-order valence-corrected chi connectivity index (χ3v) is 2.80. The van der Waals surface area contributed by atoms with Crippen LogP contribution >= 0.6 is 0 Å². The molecule has 6 heteroatoms. The number of anilines is 1. The Morgan fingerprint density at radius 3 is 2.35 bits per heavy atom. The molecule has 0 bridgehead atoms. The number of benzene rings is 2. The zero-order chi connectivity index (χ0) is 14.5. The van der Waals surface area contributed by atoms with Gasteiger partial charge in [0.2, 0.25) is 5.91 Å². The zero-order valence-electron chi connectivity index (χ0n) is 10.5. The fourth-order valence-electron chi connectivity index (χ4n) is 1.76. The number of para-hydroxylation sites is 2. The number of carbonyl (C=O) groups is 1. The highest BCUT2D eigenvalue weighted by atomic mass is 16.6. The third-order valence-electron chi connectivity index (χ3n) is 2.80. The van der Waals surface area contributed by atoms with Gasteiger partial charge in [0.25, 0.3) is 5.69 Å². The van der Waals surface area contributed by atoms with E-state index in [2.05, 4.69) is 5.32 Å². The number of nitrogens with zero attached hydrogens (tertiary/aromatic N) is 1. The molecule has 0 aliphatic heterocycles. The van der Waals surface area contributed by atoms with Crippen molar-refractivity contribution in [1.29, 1.82) is 0 Å². The quantitative estimate of drug-likeness (QED) is 0.658. The summed E-state index contributed by atoms with van der Waals surface area (Å²) in [7, 11) is 0. The third kappa shape index (κ3) is 2.99. The first-order valence-electron chi connectivity index (χ1n) is 5.94. The number of nitrogens with two attached hydrogens (primary N) is 1. The van der Waals surface area contributed by atoms with Crippen LogP contribution in [-0.2, 0) is 4.79 Å². The monoisotopic (exact) mass is 271 g/mol. The van der Waals surface area contributed by atoms with E-state index in [-0.39, 0.29) is 11.4 Å². The van der Waals surface area contributed by atoms with Crippen LogP contribution in [0.5, 0.6) is 0 Å². The SMILES string of the molecule is N[C@@H](C(=O)Nc1ccccc1[N+](=O)[O-])c1ccccc1.